The largest absolute Gasteiger partial charge is 0.480 e. The molecule has 0 aliphatic heterocycles. The SMILES string of the molecule is CCC(Sc1cccc(C(F)(F)F)n1)C(=O)O. The first-order valence-electron chi connectivity index (χ1n) is 4.78. The predicted molar refractivity (Wildman–Crippen MR) is 56.8 cm³/mol. The highest BCUT2D eigenvalue weighted by molar-refractivity contribution is 8.00. The number of carbonyl (C=O) groups is 1. The Kier molecular flexibility index (Phi) is 4.39. The topological polar surface area (TPSA) is 50.2 Å². The van der Waals surface area contributed by atoms with Crippen molar-refractivity contribution in [2.75, 3.05) is 0 Å². The molecule has 3 nitrogen and oxygen atoms in total. The van der Waals surface area contributed by atoms with Gasteiger partial charge in [-0.25, -0.2) is 4.98 Å². The summed E-state index contributed by atoms with van der Waals surface area (Å²) in [6.07, 6.45) is -4.20. The van der Waals surface area contributed by atoms with Crippen LogP contribution in [0.5, 0.6) is 0 Å². The van der Waals surface area contributed by atoms with Gasteiger partial charge in [-0.2, -0.15) is 13.2 Å². The van der Waals surface area contributed by atoms with Crippen LogP contribution >= 0.6 is 11.8 Å². The molecule has 1 aromatic heterocycles. The molecular formula is C10H10F3NO2S. The van der Waals surface area contributed by atoms with Crippen LogP contribution in [-0.2, 0) is 11.0 Å². The second-order valence-electron chi connectivity index (χ2n) is 3.21. The van der Waals surface area contributed by atoms with E-state index in [4.69, 9.17) is 5.11 Å². The Balaban J connectivity index is 2.89. The van der Waals surface area contributed by atoms with Crippen LogP contribution in [0, 0.1) is 0 Å². The van der Waals surface area contributed by atoms with Gasteiger partial charge in [0, 0.05) is 0 Å². The van der Waals surface area contributed by atoms with E-state index in [0.29, 0.717) is 6.42 Å². The number of hydrogen-bond acceptors (Lipinski definition) is 3. The Labute approximate surface area is 100 Å². The van der Waals surface area contributed by atoms with Crippen molar-refractivity contribution in [3.8, 4) is 0 Å². The quantitative estimate of drug-likeness (QED) is 0.850. The van der Waals surface area contributed by atoms with Gasteiger partial charge in [-0.1, -0.05) is 24.8 Å². The zero-order valence-corrected chi connectivity index (χ0v) is 9.68. The average molecular weight is 265 g/mol. The molecule has 1 aromatic rings. The maximum atomic E-state index is 12.4. The van der Waals surface area contributed by atoms with Crippen molar-refractivity contribution in [2.24, 2.45) is 0 Å². The molecule has 1 atom stereocenters. The zero-order chi connectivity index (χ0) is 13.1. The molecule has 1 unspecified atom stereocenters. The Morgan fingerprint density at radius 1 is 1.53 bits per heavy atom. The molecule has 1 heterocycles. The van der Waals surface area contributed by atoms with Gasteiger partial charge in [-0.15, -0.1) is 0 Å². The predicted octanol–water partition coefficient (Wildman–Crippen LogP) is 3.06. The zero-order valence-electron chi connectivity index (χ0n) is 8.86. The van der Waals surface area contributed by atoms with E-state index in [0.717, 1.165) is 17.8 Å². The molecule has 0 aliphatic carbocycles. The fraction of sp³-hybridized carbons (Fsp3) is 0.400. The number of pyridine rings is 1. The van der Waals surface area contributed by atoms with Gasteiger partial charge in [-0.3, -0.25) is 4.79 Å². The number of alkyl halides is 3. The third-order valence-corrected chi connectivity index (χ3v) is 3.21. The van der Waals surface area contributed by atoms with Gasteiger partial charge in [0.15, 0.2) is 0 Å². The smallest absolute Gasteiger partial charge is 0.433 e. The Morgan fingerprint density at radius 2 is 2.18 bits per heavy atom. The highest BCUT2D eigenvalue weighted by Crippen LogP contribution is 2.30. The lowest BCUT2D eigenvalue weighted by Crippen LogP contribution is -2.15. The number of nitrogens with zero attached hydrogens (tertiary/aromatic N) is 1. The van der Waals surface area contributed by atoms with Gasteiger partial charge in [0.05, 0.1) is 5.03 Å². The summed E-state index contributed by atoms with van der Waals surface area (Å²) in [5.41, 5.74) is -1.01. The lowest BCUT2D eigenvalue weighted by atomic mass is 10.3. The Morgan fingerprint density at radius 3 is 2.65 bits per heavy atom. The number of aromatic nitrogens is 1. The lowest BCUT2D eigenvalue weighted by molar-refractivity contribution is -0.141. The number of carboxylic acid groups (broad SMARTS) is 1. The number of halogens is 3. The summed E-state index contributed by atoms with van der Waals surface area (Å²) >= 11 is 0.816. The van der Waals surface area contributed by atoms with Crippen LogP contribution in [0.4, 0.5) is 13.2 Å². The fourth-order valence-corrected chi connectivity index (χ4v) is 1.96. The minimum Gasteiger partial charge on any atom is -0.480 e. The summed E-state index contributed by atoms with van der Waals surface area (Å²) in [5.74, 6) is -1.06. The van der Waals surface area contributed by atoms with E-state index in [1.807, 2.05) is 0 Å². The van der Waals surface area contributed by atoms with Crippen LogP contribution in [-0.4, -0.2) is 21.3 Å². The average Bonchev–Trinajstić information content (AvgIpc) is 2.24. The highest BCUT2D eigenvalue weighted by Gasteiger charge is 2.32. The normalized spacial score (nSPS) is 13.4. The summed E-state index contributed by atoms with van der Waals surface area (Å²) in [4.78, 5) is 14.1. The first-order chi connectivity index (χ1) is 7.84. The van der Waals surface area contributed by atoms with Crippen LogP contribution < -0.4 is 0 Å². The second kappa shape index (κ2) is 5.39. The number of aliphatic carboxylic acids is 1. The third kappa shape index (κ3) is 3.92. The molecular weight excluding hydrogens is 255 g/mol. The van der Waals surface area contributed by atoms with Gasteiger partial charge in [0.1, 0.15) is 10.9 Å². The van der Waals surface area contributed by atoms with Gasteiger partial charge >= 0.3 is 12.1 Å². The maximum absolute atomic E-state index is 12.4. The van der Waals surface area contributed by atoms with E-state index >= 15 is 0 Å². The van der Waals surface area contributed by atoms with Crippen LogP contribution in [0.25, 0.3) is 0 Å². The molecule has 0 radical (unpaired) electrons. The molecule has 7 heteroatoms. The first-order valence-corrected chi connectivity index (χ1v) is 5.66. The van der Waals surface area contributed by atoms with E-state index in [1.54, 1.807) is 6.92 Å². The van der Waals surface area contributed by atoms with Crippen molar-refractivity contribution >= 4 is 17.7 Å². The standard InChI is InChI=1S/C10H10F3NO2S/c1-2-6(9(15)16)17-8-5-3-4-7(14-8)10(11,12)13/h3-6H,2H2,1H3,(H,15,16). The summed E-state index contributed by atoms with van der Waals surface area (Å²) in [5, 5.41) is 8.07. The number of thioether (sulfide) groups is 1. The minimum atomic E-state index is -4.51. The van der Waals surface area contributed by atoms with E-state index in [2.05, 4.69) is 4.98 Å². The molecule has 1 N–H and O–H groups in total. The van der Waals surface area contributed by atoms with E-state index in [1.165, 1.54) is 12.1 Å². The van der Waals surface area contributed by atoms with Crippen LogP contribution in [0.15, 0.2) is 23.2 Å². The van der Waals surface area contributed by atoms with E-state index in [9.17, 15) is 18.0 Å². The summed E-state index contributed by atoms with van der Waals surface area (Å²) < 4.78 is 37.1. The Bertz CT molecular complexity index is 409. The molecule has 0 spiro atoms. The van der Waals surface area contributed by atoms with Gasteiger partial charge in [0.25, 0.3) is 0 Å². The fourth-order valence-electron chi connectivity index (χ4n) is 1.09. The molecule has 0 aliphatic rings. The molecule has 17 heavy (non-hydrogen) atoms. The van der Waals surface area contributed by atoms with Crippen molar-refractivity contribution in [2.45, 2.75) is 29.8 Å². The van der Waals surface area contributed by atoms with Gasteiger partial charge in [0.2, 0.25) is 0 Å². The molecule has 0 bridgehead atoms. The number of hydrogen-bond donors (Lipinski definition) is 1. The molecule has 0 aromatic carbocycles. The molecule has 94 valence electrons. The summed E-state index contributed by atoms with van der Waals surface area (Å²) in [6, 6.07) is 3.43. The lowest BCUT2D eigenvalue weighted by Gasteiger charge is -2.10. The van der Waals surface area contributed by atoms with E-state index < -0.39 is 23.1 Å². The minimum absolute atomic E-state index is 0.0640. The molecule has 0 saturated carbocycles. The molecule has 1 rings (SSSR count). The molecule has 0 saturated heterocycles. The first kappa shape index (κ1) is 13.8. The van der Waals surface area contributed by atoms with Crippen LogP contribution in [0.1, 0.15) is 19.0 Å². The summed E-state index contributed by atoms with van der Waals surface area (Å²) in [6.45, 7) is 1.65. The second-order valence-corrected chi connectivity index (χ2v) is 4.43. The van der Waals surface area contributed by atoms with Crippen molar-refractivity contribution in [3.05, 3.63) is 23.9 Å². The molecule has 0 fully saturated rings. The van der Waals surface area contributed by atoms with Crippen molar-refractivity contribution in [3.63, 3.8) is 0 Å². The molecule has 0 amide bonds. The van der Waals surface area contributed by atoms with E-state index in [-0.39, 0.29) is 5.03 Å². The number of rotatable bonds is 4. The van der Waals surface area contributed by atoms with Crippen molar-refractivity contribution < 1.29 is 23.1 Å². The van der Waals surface area contributed by atoms with Crippen LogP contribution in [0.2, 0.25) is 0 Å². The van der Waals surface area contributed by atoms with Crippen molar-refractivity contribution in [1.82, 2.24) is 4.98 Å². The Hall–Kier alpha value is -1.24. The van der Waals surface area contributed by atoms with Gasteiger partial charge in [-0.05, 0) is 18.6 Å². The number of carboxylic acids is 1. The highest BCUT2D eigenvalue weighted by atomic mass is 32.2. The van der Waals surface area contributed by atoms with Crippen molar-refractivity contribution in [1.29, 1.82) is 0 Å². The summed E-state index contributed by atoms with van der Waals surface area (Å²) in [7, 11) is 0. The monoisotopic (exact) mass is 265 g/mol. The maximum Gasteiger partial charge on any atom is 0.433 e. The third-order valence-electron chi connectivity index (χ3n) is 1.92. The van der Waals surface area contributed by atoms with Crippen LogP contribution in [0.3, 0.4) is 0 Å². The van der Waals surface area contributed by atoms with Gasteiger partial charge < -0.3 is 5.11 Å².